The van der Waals surface area contributed by atoms with E-state index in [1.54, 1.807) is 0 Å². The molecular formula is C17H17F3N10O7S3. The molecule has 4 rings (SSSR count). The van der Waals surface area contributed by atoms with Crippen molar-refractivity contribution >= 4 is 69.7 Å². The number of carboxylic acids is 2. The van der Waals surface area contributed by atoms with Gasteiger partial charge in [-0.25, -0.2) is 4.68 Å². The Hall–Kier alpha value is -3.73. The van der Waals surface area contributed by atoms with Gasteiger partial charge in [0.1, 0.15) is 23.4 Å². The first-order valence-corrected chi connectivity index (χ1v) is 13.5. The van der Waals surface area contributed by atoms with Crippen LogP contribution in [0.5, 0.6) is 0 Å². The molecule has 17 nitrogen and oxygen atoms in total. The molecule has 216 valence electrons. The highest BCUT2D eigenvalue weighted by molar-refractivity contribution is 8.00. The van der Waals surface area contributed by atoms with Gasteiger partial charge in [0.2, 0.25) is 29.2 Å². The largest absolute Gasteiger partial charge is 0.481 e. The average molecular weight is 627 g/mol. The lowest BCUT2D eigenvalue weighted by atomic mass is 9.89. The first kappa shape index (κ1) is 29.3. The van der Waals surface area contributed by atoms with Crippen molar-refractivity contribution in [3.63, 3.8) is 0 Å². The molecule has 2 aromatic heterocycles. The summed E-state index contributed by atoms with van der Waals surface area (Å²) in [5.74, 6) is -4.68. The molecule has 4 heterocycles. The van der Waals surface area contributed by atoms with E-state index in [0.29, 0.717) is 11.5 Å². The zero-order valence-corrected chi connectivity index (χ0v) is 22.1. The van der Waals surface area contributed by atoms with E-state index >= 15 is 0 Å². The van der Waals surface area contributed by atoms with E-state index < -0.39 is 71.4 Å². The number of carbonyl (C=O) groups is 4. The van der Waals surface area contributed by atoms with Crippen LogP contribution >= 0.6 is 35.1 Å². The number of fused-ring (bicyclic) bond motifs is 1. The van der Waals surface area contributed by atoms with Crippen molar-refractivity contribution in [3.8, 4) is 0 Å². The first-order chi connectivity index (χ1) is 18.8. The highest BCUT2D eigenvalue weighted by atomic mass is 32.2. The Morgan fingerprint density at radius 3 is 2.70 bits per heavy atom. The number of thioether (sulfide) groups is 2. The lowest BCUT2D eigenvalue weighted by molar-refractivity contribution is -0.174. The summed E-state index contributed by atoms with van der Waals surface area (Å²) in [4.78, 5) is 58.1. The van der Waals surface area contributed by atoms with E-state index in [1.165, 1.54) is 4.90 Å². The number of anilines is 1. The number of amides is 2. The topological polar surface area (TPSA) is 241 Å². The molecule has 2 unspecified atom stereocenters. The fraction of sp³-hybridized carbons (Fsp3) is 0.529. The van der Waals surface area contributed by atoms with E-state index in [1.807, 2.05) is 0 Å². The van der Waals surface area contributed by atoms with Gasteiger partial charge >= 0.3 is 18.1 Å². The molecule has 5 N–H and O–H groups in total. The molecule has 2 aromatic rings. The number of carbonyl (C=O) groups excluding carboxylic acids is 2. The summed E-state index contributed by atoms with van der Waals surface area (Å²) in [5.41, 5.74) is 3.28. The number of aliphatic carboxylic acids is 2. The van der Waals surface area contributed by atoms with Crippen molar-refractivity contribution in [2.24, 2.45) is 10.6 Å². The van der Waals surface area contributed by atoms with Crippen LogP contribution in [0, 0.1) is 5.41 Å². The van der Waals surface area contributed by atoms with Crippen LogP contribution in [0.1, 0.15) is 5.82 Å². The third-order valence-electron chi connectivity index (χ3n) is 5.40. The highest BCUT2D eigenvalue weighted by Crippen LogP contribution is 2.44. The smallest absolute Gasteiger partial charge is 0.425 e. The van der Waals surface area contributed by atoms with Crippen LogP contribution in [-0.2, 0) is 30.6 Å². The summed E-state index contributed by atoms with van der Waals surface area (Å²) in [7, 11) is 0. The Kier molecular flexibility index (Phi) is 8.34. The minimum absolute atomic E-state index is 0.00351. The third kappa shape index (κ3) is 6.35. The first-order valence-electron chi connectivity index (χ1n) is 10.7. The molecule has 2 aliphatic rings. The number of β-lactam (4-membered cyclic amide) rings is 1. The fourth-order valence-corrected chi connectivity index (χ4v) is 6.70. The summed E-state index contributed by atoms with van der Waals surface area (Å²) >= 11 is 2.63. The van der Waals surface area contributed by atoms with Gasteiger partial charge in [-0.1, -0.05) is 16.9 Å². The molecule has 23 heteroatoms. The van der Waals surface area contributed by atoms with Crippen LogP contribution in [0.15, 0.2) is 10.3 Å². The van der Waals surface area contributed by atoms with Crippen LogP contribution in [0.4, 0.5) is 18.3 Å². The van der Waals surface area contributed by atoms with Gasteiger partial charge in [-0.3, -0.25) is 19.2 Å². The molecule has 2 fully saturated rings. The Labute approximate surface area is 232 Å². The van der Waals surface area contributed by atoms with Crippen molar-refractivity contribution in [3.05, 3.63) is 5.82 Å². The SMILES string of the molecule is Nc1nc(C(=NOCC(F)(F)F)C(=O)NC2C(=O)N3CC(CSc4nnnn4CC(=O)O)(C(=O)O)CS[C@H]23)ns1. The standard InChI is InChI=1S/C17H17F3N10O7S3/c18-17(19,20)3-37-25-7(9-23-14(21)40-26-9)10(33)22-8-11(34)29-2-16(13(35)36,4-38-12(8)29)5-39-15-24-27-28-30(15)1-6(31)32/h8,12H,1-5H2,(H,22,33)(H,31,32)(H,35,36)(H2,21,23,26)/t8?,12-,16?/m1/s1. The van der Waals surface area contributed by atoms with Crippen molar-refractivity contribution in [2.75, 3.05) is 30.4 Å². The normalized spacial score (nSPS) is 22.8. The second kappa shape index (κ2) is 11.4. The molecule has 0 bridgehead atoms. The number of nitrogen functional groups attached to an aromatic ring is 1. The molecule has 0 aromatic carbocycles. The van der Waals surface area contributed by atoms with Crippen molar-refractivity contribution < 1.29 is 47.4 Å². The van der Waals surface area contributed by atoms with Gasteiger partial charge in [0.15, 0.2) is 5.13 Å². The zero-order chi connectivity index (χ0) is 29.2. The lowest BCUT2D eigenvalue weighted by Gasteiger charge is -2.53. The molecule has 40 heavy (non-hydrogen) atoms. The number of oxime groups is 1. The number of nitrogens with two attached hydrogens (primary N) is 1. The maximum Gasteiger partial charge on any atom is 0.425 e. The maximum absolute atomic E-state index is 12.9. The monoisotopic (exact) mass is 626 g/mol. The number of nitrogens with one attached hydrogen (secondary N) is 1. The van der Waals surface area contributed by atoms with Gasteiger partial charge in [0.25, 0.3) is 5.91 Å². The van der Waals surface area contributed by atoms with E-state index in [-0.39, 0.29) is 28.3 Å². The number of alkyl halides is 3. The van der Waals surface area contributed by atoms with Gasteiger partial charge in [-0.15, -0.1) is 16.9 Å². The predicted octanol–water partition coefficient (Wildman–Crippen LogP) is -1.26. The number of tetrazole rings is 1. The second-order valence-electron chi connectivity index (χ2n) is 8.29. The van der Waals surface area contributed by atoms with Crippen molar-refractivity contribution in [2.45, 2.75) is 29.3 Å². The molecule has 0 aliphatic carbocycles. The van der Waals surface area contributed by atoms with Gasteiger partial charge in [-0.05, 0) is 10.4 Å². The Bertz CT molecular complexity index is 1350. The molecular weight excluding hydrogens is 609 g/mol. The van der Waals surface area contributed by atoms with Crippen LogP contribution in [0.25, 0.3) is 0 Å². The number of nitrogens with zero attached hydrogens (tertiary/aromatic N) is 8. The number of aromatic nitrogens is 6. The maximum atomic E-state index is 12.9. The third-order valence-corrected chi connectivity index (χ3v) is 8.78. The minimum Gasteiger partial charge on any atom is -0.481 e. The second-order valence-corrected chi connectivity index (χ2v) is 11.1. The lowest BCUT2D eigenvalue weighted by Crippen LogP contribution is -2.74. The quantitative estimate of drug-likeness (QED) is 0.0984. The van der Waals surface area contributed by atoms with Gasteiger partial charge in [0.05, 0.1) is 0 Å². The van der Waals surface area contributed by atoms with Crippen LogP contribution in [-0.4, -0.2) is 116 Å². The Morgan fingerprint density at radius 1 is 1.32 bits per heavy atom. The molecule has 0 saturated carbocycles. The van der Waals surface area contributed by atoms with E-state index in [0.717, 1.165) is 28.2 Å². The fourth-order valence-electron chi connectivity index (χ4n) is 3.53. The van der Waals surface area contributed by atoms with Gasteiger partial charge in [0, 0.05) is 29.6 Å². The predicted molar refractivity (Wildman–Crippen MR) is 129 cm³/mol. The Balaban J connectivity index is 1.43. The highest BCUT2D eigenvalue weighted by Gasteiger charge is 2.57. The summed E-state index contributed by atoms with van der Waals surface area (Å²) in [5, 5.41) is 34.4. The van der Waals surface area contributed by atoms with Crippen LogP contribution in [0.3, 0.4) is 0 Å². The van der Waals surface area contributed by atoms with Crippen molar-refractivity contribution in [1.82, 2.24) is 39.8 Å². The van der Waals surface area contributed by atoms with Crippen LogP contribution in [0.2, 0.25) is 0 Å². The van der Waals surface area contributed by atoms with Crippen molar-refractivity contribution in [1.29, 1.82) is 0 Å². The number of hydrogen-bond donors (Lipinski definition) is 4. The summed E-state index contributed by atoms with van der Waals surface area (Å²) in [6.07, 6.45) is -4.74. The minimum atomic E-state index is -4.74. The summed E-state index contributed by atoms with van der Waals surface area (Å²) < 4.78 is 42.2. The zero-order valence-electron chi connectivity index (χ0n) is 19.6. The van der Waals surface area contributed by atoms with E-state index in [4.69, 9.17) is 10.8 Å². The van der Waals surface area contributed by atoms with E-state index in [2.05, 4.69) is 40.2 Å². The molecule has 2 amide bonds. The number of hydrogen-bond acceptors (Lipinski definition) is 15. The summed E-state index contributed by atoms with van der Waals surface area (Å²) in [6.45, 7) is -2.57. The molecule has 3 atom stereocenters. The molecule has 0 radical (unpaired) electrons. The van der Waals surface area contributed by atoms with Crippen LogP contribution < -0.4 is 11.1 Å². The number of rotatable bonds is 11. The molecule has 0 spiro atoms. The van der Waals surface area contributed by atoms with Gasteiger partial charge < -0.3 is 31.0 Å². The average Bonchev–Trinajstić information content (AvgIpc) is 3.50. The number of carboxylic acid groups (broad SMARTS) is 2. The van der Waals surface area contributed by atoms with E-state index in [9.17, 15) is 37.5 Å². The Morgan fingerprint density at radius 2 is 2.08 bits per heavy atom. The molecule has 2 aliphatic heterocycles. The van der Waals surface area contributed by atoms with Gasteiger partial charge in [-0.2, -0.15) is 22.5 Å². The number of halogens is 3. The molecule has 2 saturated heterocycles. The summed E-state index contributed by atoms with van der Waals surface area (Å²) in [6, 6.07) is -1.15.